The van der Waals surface area contributed by atoms with Gasteiger partial charge in [-0.3, -0.25) is 0 Å². The average Bonchev–Trinajstić information content (AvgIpc) is 2.21. The number of anilines is 1. The van der Waals surface area contributed by atoms with Crippen LogP contribution in [-0.4, -0.2) is 17.8 Å². The summed E-state index contributed by atoms with van der Waals surface area (Å²) >= 11 is 0. The number of aliphatic hydroxyl groups is 1. The molecule has 0 spiro atoms. The standard InChI is InChI=1S/C11H15F2NO/c1-3-8(15)6-14-11-5-9(12)7(2)4-10(11)13/h4-5,8,14-15H,3,6H2,1-2H3. The highest BCUT2D eigenvalue weighted by Gasteiger charge is 2.08. The molecule has 0 aliphatic carbocycles. The minimum atomic E-state index is -0.547. The number of hydrogen-bond donors (Lipinski definition) is 2. The van der Waals surface area contributed by atoms with Crippen LogP contribution in [-0.2, 0) is 0 Å². The normalized spacial score (nSPS) is 12.6. The molecule has 0 bridgehead atoms. The highest BCUT2D eigenvalue weighted by atomic mass is 19.1. The van der Waals surface area contributed by atoms with Gasteiger partial charge in [-0.05, 0) is 25.0 Å². The molecule has 1 aromatic carbocycles. The Balaban J connectivity index is 2.73. The van der Waals surface area contributed by atoms with Gasteiger partial charge in [0.25, 0.3) is 0 Å². The van der Waals surface area contributed by atoms with E-state index in [9.17, 15) is 13.9 Å². The second-order valence-electron chi connectivity index (χ2n) is 3.52. The molecule has 1 atom stereocenters. The number of aryl methyl sites for hydroxylation is 1. The molecule has 1 rings (SSSR count). The van der Waals surface area contributed by atoms with Crippen molar-refractivity contribution in [3.8, 4) is 0 Å². The first-order valence-corrected chi connectivity index (χ1v) is 4.92. The minimum absolute atomic E-state index is 0.0885. The minimum Gasteiger partial charge on any atom is -0.391 e. The zero-order valence-electron chi connectivity index (χ0n) is 8.85. The Morgan fingerprint density at radius 2 is 2.00 bits per heavy atom. The van der Waals surface area contributed by atoms with E-state index < -0.39 is 17.7 Å². The lowest BCUT2D eigenvalue weighted by Crippen LogP contribution is -2.18. The van der Waals surface area contributed by atoms with Gasteiger partial charge >= 0.3 is 0 Å². The zero-order chi connectivity index (χ0) is 11.4. The van der Waals surface area contributed by atoms with Crippen molar-refractivity contribution in [2.45, 2.75) is 26.4 Å². The maximum atomic E-state index is 13.3. The van der Waals surface area contributed by atoms with E-state index in [1.54, 1.807) is 0 Å². The van der Waals surface area contributed by atoms with Crippen LogP contribution in [0.5, 0.6) is 0 Å². The van der Waals surface area contributed by atoms with E-state index in [0.717, 1.165) is 12.1 Å². The van der Waals surface area contributed by atoms with E-state index in [1.165, 1.54) is 6.92 Å². The molecule has 15 heavy (non-hydrogen) atoms. The van der Waals surface area contributed by atoms with Crippen LogP contribution < -0.4 is 5.32 Å². The topological polar surface area (TPSA) is 32.3 Å². The van der Waals surface area contributed by atoms with Crippen LogP contribution in [0, 0.1) is 18.6 Å². The SMILES string of the molecule is CCC(O)CNc1cc(F)c(C)cc1F. The lowest BCUT2D eigenvalue weighted by atomic mass is 10.2. The summed E-state index contributed by atoms with van der Waals surface area (Å²) in [6, 6.07) is 2.24. The van der Waals surface area contributed by atoms with E-state index in [0.29, 0.717) is 6.42 Å². The number of rotatable bonds is 4. The van der Waals surface area contributed by atoms with Gasteiger partial charge in [0.2, 0.25) is 0 Å². The molecule has 84 valence electrons. The second-order valence-corrected chi connectivity index (χ2v) is 3.52. The van der Waals surface area contributed by atoms with Crippen molar-refractivity contribution in [1.82, 2.24) is 0 Å². The van der Waals surface area contributed by atoms with Gasteiger partial charge in [0.1, 0.15) is 11.6 Å². The van der Waals surface area contributed by atoms with Crippen molar-refractivity contribution >= 4 is 5.69 Å². The summed E-state index contributed by atoms with van der Waals surface area (Å²) in [5, 5.41) is 11.9. The Kier molecular flexibility index (Phi) is 4.03. The average molecular weight is 215 g/mol. The lowest BCUT2D eigenvalue weighted by Gasteiger charge is -2.12. The first-order chi connectivity index (χ1) is 7.04. The van der Waals surface area contributed by atoms with Crippen LogP contribution >= 0.6 is 0 Å². The summed E-state index contributed by atoms with van der Waals surface area (Å²) in [5.41, 5.74) is 0.361. The largest absolute Gasteiger partial charge is 0.391 e. The Bertz CT molecular complexity index is 342. The smallest absolute Gasteiger partial charge is 0.146 e. The molecular formula is C11H15F2NO. The fourth-order valence-corrected chi connectivity index (χ4v) is 1.15. The molecule has 1 aromatic rings. The number of nitrogens with one attached hydrogen (secondary N) is 1. The molecule has 0 aromatic heterocycles. The van der Waals surface area contributed by atoms with Crippen molar-refractivity contribution in [2.24, 2.45) is 0 Å². The molecule has 0 fully saturated rings. The monoisotopic (exact) mass is 215 g/mol. The van der Waals surface area contributed by atoms with Crippen LogP contribution in [0.25, 0.3) is 0 Å². The summed E-state index contributed by atoms with van der Waals surface area (Å²) in [6.07, 6.45) is 0.0249. The molecule has 0 radical (unpaired) electrons. The first kappa shape index (κ1) is 11.9. The number of benzene rings is 1. The van der Waals surface area contributed by atoms with Crippen LogP contribution in [0.2, 0.25) is 0 Å². The van der Waals surface area contributed by atoms with Crippen LogP contribution in [0.1, 0.15) is 18.9 Å². The summed E-state index contributed by atoms with van der Waals surface area (Å²) < 4.78 is 26.4. The predicted molar refractivity (Wildman–Crippen MR) is 55.9 cm³/mol. The van der Waals surface area contributed by atoms with Gasteiger partial charge in [0.15, 0.2) is 0 Å². The molecule has 0 amide bonds. The van der Waals surface area contributed by atoms with E-state index in [1.807, 2.05) is 6.92 Å². The van der Waals surface area contributed by atoms with E-state index in [2.05, 4.69) is 5.32 Å². The van der Waals surface area contributed by atoms with Gasteiger partial charge in [-0.25, -0.2) is 8.78 Å². The maximum Gasteiger partial charge on any atom is 0.146 e. The van der Waals surface area contributed by atoms with Crippen molar-refractivity contribution in [3.63, 3.8) is 0 Å². The van der Waals surface area contributed by atoms with Crippen molar-refractivity contribution in [3.05, 3.63) is 29.3 Å². The molecule has 0 saturated carbocycles. The van der Waals surface area contributed by atoms with Gasteiger partial charge in [-0.1, -0.05) is 6.92 Å². The lowest BCUT2D eigenvalue weighted by molar-refractivity contribution is 0.183. The third-order valence-electron chi connectivity index (χ3n) is 2.25. The fraction of sp³-hybridized carbons (Fsp3) is 0.455. The predicted octanol–water partition coefficient (Wildman–Crippen LogP) is 2.46. The van der Waals surface area contributed by atoms with Gasteiger partial charge in [-0.15, -0.1) is 0 Å². The van der Waals surface area contributed by atoms with Crippen LogP contribution in [0.15, 0.2) is 12.1 Å². The third-order valence-corrected chi connectivity index (χ3v) is 2.25. The molecule has 0 heterocycles. The van der Waals surface area contributed by atoms with E-state index in [-0.39, 0.29) is 17.8 Å². The Labute approximate surface area is 87.9 Å². The number of halogens is 2. The molecule has 0 saturated heterocycles. The summed E-state index contributed by atoms with van der Waals surface area (Å²) in [6.45, 7) is 3.54. The van der Waals surface area contributed by atoms with Crippen LogP contribution in [0.3, 0.4) is 0 Å². The van der Waals surface area contributed by atoms with E-state index in [4.69, 9.17) is 0 Å². The zero-order valence-corrected chi connectivity index (χ0v) is 8.85. The van der Waals surface area contributed by atoms with Crippen molar-refractivity contribution in [1.29, 1.82) is 0 Å². The highest BCUT2D eigenvalue weighted by molar-refractivity contribution is 5.46. The third kappa shape index (κ3) is 3.16. The Morgan fingerprint density at radius 3 is 2.60 bits per heavy atom. The fourth-order valence-electron chi connectivity index (χ4n) is 1.15. The number of hydrogen-bond acceptors (Lipinski definition) is 2. The molecule has 0 aliphatic heterocycles. The van der Waals surface area contributed by atoms with Crippen LogP contribution in [0.4, 0.5) is 14.5 Å². The summed E-state index contributed by atoms with van der Waals surface area (Å²) in [4.78, 5) is 0. The first-order valence-electron chi connectivity index (χ1n) is 4.92. The van der Waals surface area contributed by atoms with Gasteiger partial charge in [-0.2, -0.15) is 0 Å². The number of aliphatic hydroxyl groups excluding tert-OH is 1. The van der Waals surface area contributed by atoms with Gasteiger partial charge in [0.05, 0.1) is 11.8 Å². The second kappa shape index (κ2) is 5.07. The van der Waals surface area contributed by atoms with E-state index >= 15 is 0 Å². The van der Waals surface area contributed by atoms with Gasteiger partial charge in [0, 0.05) is 12.6 Å². The quantitative estimate of drug-likeness (QED) is 0.808. The molecule has 1 unspecified atom stereocenters. The van der Waals surface area contributed by atoms with Gasteiger partial charge < -0.3 is 10.4 Å². The Hall–Kier alpha value is -1.16. The summed E-state index contributed by atoms with van der Waals surface area (Å²) in [5.74, 6) is -0.956. The highest BCUT2D eigenvalue weighted by Crippen LogP contribution is 2.18. The molecule has 2 N–H and O–H groups in total. The molecular weight excluding hydrogens is 200 g/mol. The molecule has 4 heteroatoms. The molecule has 2 nitrogen and oxygen atoms in total. The van der Waals surface area contributed by atoms with Crippen molar-refractivity contribution in [2.75, 3.05) is 11.9 Å². The summed E-state index contributed by atoms with van der Waals surface area (Å²) in [7, 11) is 0. The van der Waals surface area contributed by atoms with Crippen molar-refractivity contribution < 1.29 is 13.9 Å². The maximum absolute atomic E-state index is 13.3. The Morgan fingerprint density at radius 1 is 1.33 bits per heavy atom. The molecule has 0 aliphatic rings.